The fraction of sp³-hybridized carbons (Fsp3) is 0.381. The summed E-state index contributed by atoms with van der Waals surface area (Å²) in [5, 5.41) is 24.5. The van der Waals surface area contributed by atoms with Gasteiger partial charge in [-0.1, -0.05) is 36.4 Å². The standard InChI is InChI=1S/C21H28BN3O5/c1-15-8-6-12-17(23-15)20(26)24-18(14-30-2)21(27)25-19(22(28)29)13-7-11-16-9-4-3-5-10-16/h3-6,8-10,12,18-19,28-29H,7,11,13-14H2,1-2H3,(H,24,26)(H,25,27)/t18-,19+/m1/s1. The molecule has 0 bridgehead atoms. The van der Waals surface area contributed by atoms with E-state index >= 15 is 0 Å². The summed E-state index contributed by atoms with van der Waals surface area (Å²) in [5.41, 5.74) is 1.99. The van der Waals surface area contributed by atoms with E-state index in [0.717, 1.165) is 12.0 Å². The molecular weight excluding hydrogens is 385 g/mol. The third kappa shape index (κ3) is 7.59. The van der Waals surface area contributed by atoms with Gasteiger partial charge in [-0.15, -0.1) is 0 Å². The summed E-state index contributed by atoms with van der Waals surface area (Å²) < 4.78 is 5.05. The molecule has 2 aromatic rings. The first-order chi connectivity index (χ1) is 14.4. The molecule has 1 heterocycles. The van der Waals surface area contributed by atoms with Gasteiger partial charge in [-0.05, 0) is 43.9 Å². The van der Waals surface area contributed by atoms with Gasteiger partial charge in [0.05, 0.1) is 12.5 Å². The molecule has 4 N–H and O–H groups in total. The van der Waals surface area contributed by atoms with Crippen molar-refractivity contribution in [1.82, 2.24) is 15.6 Å². The van der Waals surface area contributed by atoms with Crippen LogP contribution in [0.3, 0.4) is 0 Å². The predicted molar refractivity (Wildman–Crippen MR) is 114 cm³/mol. The lowest BCUT2D eigenvalue weighted by Gasteiger charge is -2.22. The quantitative estimate of drug-likeness (QED) is 0.402. The highest BCUT2D eigenvalue weighted by molar-refractivity contribution is 6.43. The lowest BCUT2D eigenvalue weighted by atomic mass is 9.76. The Bertz CT molecular complexity index is 819. The van der Waals surface area contributed by atoms with Gasteiger partial charge in [0.2, 0.25) is 5.91 Å². The number of carbonyl (C=O) groups excluding carboxylic acids is 2. The minimum atomic E-state index is -1.72. The minimum absolute atomic E-state index is 0.0678. The van der Waals surface area contributed by atoms with Crippen LogP contribution in [0, 0.1) is 6.92 Å². The number of hydrogen-bond donors (Lipinski definition) is 4. The minimum Gasteiger partial charge on any atom is -0.426 e. The maximum absolute atomic E-state index is 12.7. The van der Waals surface area contributed by atoms with Crippen LogP contribution in [0.4, 0.5) is 0 Å². The molecule has 30 heavy (non-hydrogen) atoms. The second kappa shape index (κ2) is 12.1. The number of ether oxygens (including phenoxy) is 1. The summed E-state index contributed by atoms with van der Waals surface area (Å²) >= 11 is 0. The Labute approximate surface area is 176 Å². The summed E-state index contributed by atoms with van der Waals surface area (Å²) in [4.78, 5) is 29.2. The van der Waals surface area contributed by atoms with Crippen LogP contribution < -0.4 is 10.6 Å². The Morgan fingerprint density at radius 1 is 1.10 bits per heavy atom. The van der Waals surface area contributed by atoms with Crippen LogP contribution in [0.5, 0.6) is 0 Å². The molecule has 0 aliphatic rings. The Kier molecular flexibility index (Phi) is 9.46. The van der Waals surface area contributed by atoms with Crippen molar-refractivity contribution in [1.29, 1.82) is 0 Å². The molecule has 0 spiro atoms. The van der Waals surface area contributed by atoms with E-state index < -0.39 is 30.9 Å². The van der Waals surface area contributed by atoms with E-state index in [9.17, 15) is 19.6 Å². The van der Waals surface area contributed by atoms with Crippen LogP contribution in [0.2, 0.25) is 0 Å². The average molecular weight is 413 g/mol. The highest BCUT2D eigenvalue weighted by Gasteiger charge is 2.29. The largest absolute Gasteiger partial charge is 0.475 e. The first kappa shape index (κ1) is 23.5. The summed E-state index contributed by atoms with van der Waals surface area (Å²) in [6, 6.07) is 13.8. The van der Waals surface area contributed by atoms with E-state index in [-0.39, 0.29) is 12.3 Å². The molecule has 8 nitrogen and oxygen atoms in total. The predicted octanol–water partition coefficient (Wildman–Crippen LogP) is 0.655. The molecule has 2 amide bonds. The van der Waals surface area contributed by atoms with Gasteiger partial charge in [-0.2, -0.15) is 0 Å². The maximum atomic E-state index is 12.7. The van der Waals surface area contributed by atoms with Gasteiger partial charge in [0.15, 0.2) is 0 Å². The smallest absolute Gasteiger partial charge is 0.426 e. The molecule has 0 radical (unpaired) electrons. The molecule has 0 saturated carbocycles. The molecular formula is C21H28BN3O5. The van der Waals surface area contributed by atoms with E-state index in [2.05, 4.69) is 15.6 Å². The number of carbonyl (C=O) groups is 2. The van der Waals surface area contributed by atoms with Crippen molar-refractivity contribution in [3.63, 3.8) is 0 Å². The Morgan fingerprint density at radius 3 is 2.47 bits per heavy atom. The molecule has 160 valence electrons. The van der Waals surface area contributed by atoms with Gasteiger partial charge in [0.1, 0.15) is 11.7 Å². The fourth-order valence-electron chi connectivity index (χ4n) is 3.00. The van der Waals surface area contributed by atoms with Gasteiger partial charge in [0, 0.05) is 12.8 Å². The van der Waals surface area contributed by atoms with Crippen molar-refractivity contribution in [2.45, 2.75) is 38.2 Å². The molecule has 9 heteroatoms. The topological polar surface area (TPSA) is 121 Å². The number of rotatable bonds is 11. The fourth-order valence-corrected chi connectivity index (χ4v) is 3.00. The number of hydrogen-bond acceptors (Lipinski definition) is 6. The Balaban J connectivity index is 1.95. The van der Waals surface area contributed by atoms with Gasteiger partial charge in [-0.3, -0.25) is 9.59 Å². The van der Waals surface area contributed by atoms with Crippen molar-refractivity contribution in [2.75, 3.05) is 13.7 Å². The van der Waals surface area contributed by atoms with Gasteiger partial charge in [-0.25, -0.2) is 4.98 Å². The molecule has 1 aromatic carbocycles. The van der Waals surface area contributed by atoms with E-state index in [1.807, 2.05) is 30.3 Å². The van der Waals surface area contributed by atoms with Crippen LogP contribution in [-0.2, 0) is 16.0 Å². The molecule has 0 saturated heterocycles. The molecule has 0 aliphatic carbocycles. The number of amides is 2. The number of pyridine rings is 1. The van der Waals surface area contributed by atoms with Crippen molar-refractivity contribution >= 4 is 18.9 Å². The highest BCUT2D eigenvalue weighted by Crippen LogP contribution is 2.08. The van der Waals surface area contributed by atoms with Gasteiger partial charge in [0.25, 0.3) is 5.91 Å². The Hall–Kier alpha value is -2.75. The number of nitrogens with one attached hydrogen (secondary N) is 2. The number of benzene rings is 1. The van der Waals surface area contributed by atoms with E-state index in [1.54, 1.807) is 25.1 Å². The number of aryl methyl sites for hydroxylation is 2. The zero-order valence-electron chi connectivity index (χ0n) is 17.2. The zero-order chi connectivity index (χ0) is 21.9. The lowest BCUT2D eigenvalue weighted by molar-refractivity contribution is -0.124. The zero-order valence-corrected chi connectivity index (χ0v) is 17.2. The lowest BCUT2D eigenvalue weighted by Crippen LogP contribution is -2.55. The summed E-state index contributed by atoms with van der Waals surface area (Å²) in [5.74, 6) is -1.94. The molecule has 2 atom stereocenters. The number of methoxy groups -OCH3 is 1. The highest BCUT2D eigenvalue weighted by atomic mass is 16.5. The third-order valence-electron chi connectivity index (χ3n) is 4.59. The summed E-state index contributed by atoms with van der Waals surface area (Å²) in [6.45, 7) is 1.69. The van der Waals surface area contributed by atoms with E-state index in [1.165, 1.54) is 7.11 Å². The summed E-state index contributed by atoms with van der Waals surface area (Å²) in [6.07, 6.45) is 1.77. The molecule has 2 rings (SSSR count). The summed E-state index contributed by atoms with van der Waals surface area (Å²) in [7, 11) is -0.308. The molecule has 0 unspecified atom stereocenters. The van der Waals surface area contributed by atoms with E-state index in [0.29, 0.717) is 18.5 Å². The van der Waals surface area contributed by atoms with Crippen molar-refractivity contribution < 1.29 is 24.4 Å². The number of aromatic nitrogens is 1. The second-order valence-electron chi connectivity index (χ2n) is 7.05. The van der Waals surface area contributed by atoms with Crippen LogP contribution in [0.25, 0.3) is 0 Å². The van der Waals surface area contributed by atoms with Gasteiger partial charge >= 0.3 is 7.12 Å². The first-order valence-corrected chi connectivity index (χ1v) is 9.84. The van der Waals surface area contributed by atoms with E-state index in [4.69, 9.17) is 4.74 Å². The van der Waals surface area contributed by atoms with Crippen molar-refractivity contribution in [2.24, 2.45) is 0 Å². The van der Waals surface area contributed by atoms with Crippen molar-refractivity contribution in [3.05, 3.63) is 65.5 Å². The molecule has 0 fully saturated rings. The molecule has 0 aliphatic heterocycles. The number of nitrogens with zero attached hydrogens (tertiary/aromatic N) is 1. The monoisotopic (exact) mass is 413 g/mol. The average Bonchev–Trinajstić information content (AvgIpc) is 2.73. The first-order valence-electron chi connectivity index (χ1n) is 9.84. The van der Waals surface area contributed by atoms with Crippen LogP contribution in [0.15, 0.2) is 48.5 Å². The molecule has 1 aromatic heterocycles. The van der Waals surface area contributed by atoms with Crippen LogP contribution in [0.1, 0.15) is 34.6 Å². The van der Waals surface area contributed by atoms with Crippen LogP contribution >= 0.6 is 0 Å². The Morgan fingerprint density at radius 2 is 1.83 bits per heavy atom. The van der Waals surface area contributed by atoms with Gasteiger partial charge < -0.3 is 25.4 Å². The van der Waals surface area contributed by atoms with Crippen LogP contribution in [-0.4, -0.2) is 59.7 Å². The SMILES string of the molecule is COC[C@@H](NC(=O)c1cccc(C)n1)C(=O)N[C@@H](CCCc1ccccc1)B(O)O. The second-order valence-corrected chi connectivity index (χ2v) is 7.05. The normalized spacial score (nSPS) is 12.7. The third-order valence-corrected chi connectivity index (χ3v) is 4.59. The maximum Gasteiger partial charge on any atom is 0.475 e. The van der Waals surface area contributed by atoms with Crippen molar-refractivity contribution in [3.8, 4) is 0 Å².